The summed E-state index contributed by atoms with van der Waals surface area (Å²) in [4.78, 5) is 20.1. The SMILES string of the molecule is CC1c2c(F)cccc2CCN1C(=O)NCc1nc(N(C)C)n[nH]1. The summed E-state index contributed by atoms with van der Waals surface area (Å²) in [6.07, 6.45) is 0.651. The lowest BCUT2D eigenvalue weighted by molar-refractivity contribution is 0.172. The van der Waals surface area contributed by atoms with E-state index in [0.717, 1.165) is 5.56 Å². The van der Waals surface area contributed by atoms with Crippen LogP contribution in [0, 0.1) is 5.82 Å². The number of hydrogen-bond acceptors (Lipinski definition) is 4. The van der Waals surface area contributed by atoms with E-state index >= 15 is 0 Å². The highest BCUT2D eigenvalue weighted by atomic mass is 19.1. The quantitative estimate of drug-likeness (QED) is 0.899. The van der Waals surface area contributed by atoms with Crippen LogP contribution in [0.2, 0.25) is 0 Å². The summed E-state index contributed by atoms with van der Waals surface area (Å²) in [6, 6.07) is 4.53. The first-order valence-corrected chi connectivity index (χ1v) is 7.87. The molecule has 1 aliphatic rings. The lowest BCUT2D eigenvalue weighted by atomic mass is 9.93. The largest absolute Gasteiger partial charge is 0.346 e. The minimum atomic E-state index is -0.304. The monoisotopic (exact) mass is 332 g/mol. The Bertz CT molecular complexity index is 744. The second-order valence-corrected chi connectivity index (χ2v) is 6.07. The second-order valence-electron chi connectivity index (χ2n) is 6.07. The zero-order chi connectivity index (χ0) is 17.3. The summed E-state index contributed by atoms with van der Waals surface area (Å²) < 4.78 is 14.1. The number of H-pyrrole nitrogens is 1. The van der Waals surface area contributed by atoms with Gasteiger partial charge < -0.3 is 15.1 Å². The van der Waals surface area contributed by atoms with Gasteiger partial charge in [-0.3, -0.25) is 5.10 Å². The van der Waals surface area contributed by atoms with Crippen molar-refractivity contribution in [1.29, 1.82) is 0 Å². The van der Waals surface area contributed by atoms with Gasteiger partial charge in [-0.2, -0.15) is 4.98 Å². The van der Waals surface area contributed by atoms with E-state index in [1.807, 2.05) is 27.1 Å². The molecule has 1 unspecified atom stereocenters. The number of hydrogen-bond donors (Lipinski definition) is 2. The van der Waals surface area contributed by atoms with Crippen molar-refractivity contribution in [3.05, 3.63) is 41.0 Å². The average molecular weight is 332 g/mol. The van der Waals surface area contributed by atoms with Crippen LogP contribution in [0.4, 0.5) is 15.1 Å². The van der Waals surface area contributed by atoms with E-state index in [4.69, 9.17) is 0 Å². The maximum absolute atomic E-state index is 14.1. The molecule has 24 heavy (non-hydrogen) atoms. The summed E-state index contributed by atoms with van der Waals surface area (Å²) in [5, 5.41) is 9.64. The molecule has 1 atom stereocenters. The van der Waals surface area contributed by atoms with Gasteiger partial charge in [0.1, 0.15) is 11.6 Å². The number of carbonyl (C=O) groups is 1. The number of benzene rings is 1. The first-order valence-electron chi connectivity index (χ1n) is 7.87. The lowest BCUT2D eigenvalue weighted by Crippen LogP contribution is -2.45. The Balaban J connectivity index is 1.66. The van der Waals surface area contributed by atoms with Crippen molar-refractivity contribution in [2.75, 3.05) is 25.5 Å². The highest BCUT2D eigenvalue weighted by Gasteiger charge is 2.29. The van der Waals surface area contributed by atoms with Gasteiger partial charge >= 0.3 is 6.03 Å². The van der Waals surface area contributed by atoms with E-state index in [0.29, 0.717) is 30.3 Å². The third kappa shape index (κ3) is 3.04. The maximum Gasteiger partial charge on any atom is 0.318 e. The van der Waals surface area contributed by atoms with Gasteiger partial charge in [0, 0.05) is 26.2 Å². The molecule has 0 saturated heterocycles. The highest BCUT2D eigenvalue weighted by Crippen LogP contribution is 2.31. The van der Waals surface area contributed by atoms with Gasteiger partial charge in [-0.1, -0.05) is 12.1 Å². The van der Waals surface area contributed by atoms with Crippen LogP contribution < -0.4 is 10.2 Å². The van der Waals surface area contributed by atoms with Crippen molar-refractivity contribution in [3.8, 4) is 0 Å². The number of aromatic amines is 1. The number of halogens is 1. The Labute approximate surface area is 139 Å². The van der Waals surface area contributed by atoms with Gasteiger partial charge in [-0.25, -0.2) is 9.18 Å². The Morgan fingerprint density at radius 3 is 3.00 bits per heavy atom. The van der Waals surface area contributed by atoms with Crippen molar-refractivity contribution < 1.29 is 9.18 Å². The zero-order valence-electron chi connectivity index (χ0n) is 14.0. The van der Waals surface area contributed by atoms with Gasteiger partial charge in [0.2, 0.25) is 5.95 Å². The Morgan fingerprint density at radius 2 is 2.29 bits per heavy atom. The fourth-order valence-corrected chi connectivity index (χ4v) is 2.96. The normalized spacial score (nSPS) is 16.7. The molecule has 0 fully saturated rings. The summed E-state index contributed by atoms with van der Waals surface area (Å²) in [6.45, 7) is 2.65. The predicted octanol–water partition coefficient (Wildman–Crippen LogP) is 1.84. The molecule has 0 aliphatic carbocycles. The lowest BCUT2D eigenvalue weighted by Gasteiger charge is -2.35. The van der Waals surface area contributed by atoms with Crippen molar-refractivity contribution in [2.45, 2.75) is 25.9 Å². The molecule has 7 nitrogen and oxygen atoms in total. The fraction of sp³-hybridized carbons (Fsp3) is 0.438. The minimum Gasteiger partial charge on any atom is -0.346 e. The summed E-state index contributed by atoms with van der Waals surface area (Å²) >= 11 is 0. The van der Waals surface area contributed by atoms with E-state index < -0.39 is 0 Å². The fourth-order valence-electron chi connectivity index (χ4n) is 2.96. The third-order valence-corrected chi connectivity index (χ3v) is 4.24. The first-order chi connectivity index (χ1) is 11.5. The Kier molecular flexibility index (Phi) is 4.37. The number of amides is 2. The molecule has 2 aromatic rings. The molecule has 1 aliphatic heterocycles. The number of rotatable bonds is 3. The van der Waals surface area contributed by atoms with Crippen molar-refractivity contribution >= 4 is 12.0 Å². The third-order valence-electron chi connectivity index (χ3n) is 4.24. The molecule has 0 saturated carbocycles. The van der Waals surface area contributed by atoms with Crippen molar-refractivity contribution in [1.82, 2.24) is 25.4 Å². The second kappa shape index (κ2) is 6.46. The van der Waals surface area contributed by atoms with Gasteiger partial charge in [-0.15, -0.1) is 5.10 Å². The van der Waals surface area contributed by atoms with Crippen LogP contribution in [0.1, 0.15) is 29.9 Å². The molecule has 0 radical (unpaired) electrons. The standard InChI is InChI=1S/C16H21FN6O/c1-10-14-11(5-4-6-12(14)17)7-8-23(10)16(24)18-9-13-19-15(21-20-13)22(2)3/h4-6,10H,7-9H2,1-3H3,(H,18,24)(H,19,20,21). The van der Waals surface area contributed by atoms with Crippen molar-refractivity contribution in [3.63, 3.8) is 0 Å². The Hall–Kier alpha value is -2.64. The molecule has 1 aromatic carbocycles. The van der Waals surface area contributed by atoms with E-state index in [1.165, 1.54) is 6.07 Å². The van der Waals surface area contributed by atoms with Gasteiger partial charge in [-0.05, 0) is 25.0 Å². The average Bonchev–Trinajstić information content (AvgIpc) is 3.02. The number of anilines is 1. The molecule has 128 valence electrons. The maximum atomic E-state index is 14.1. The summed E-state index contributed by atoms with van der Waals surface area (Å²) in [5.41, 5.74) is 1.57. The van der Waals surface area contributed by atoms with Crippen LogP contribution >= 0.6 is 0 Å². The molecule has 3 rings (SSSR count). The smallest absolute Gasteiger partial charge is 0.318 e. The molecule has 2 N–H and O–H groups in total. The number of carbonyl (C=O) groups excluding carboxylic acids is 1. The number of aromatic nitrogens is 3. The molecule has 2 heterocycles. The molecule has 1 aromatic heterocycles. The summed E-state index contributed by atoms with van der Waals surface area (Å²) in [5.74, 6) is 0.869. The van der Waals surface area contributed by atoms with Crippen LogP contribution in [-0.2, 0) is 13.0 Å². The number of urea groups is 1. The molecular formula is C16H21FN6O. The molecule has 2 amide bonds. The van der Waals surface area contributed by atoms with Gasteiger partial charge in [0.25, 0.3) is 0 Å². The molecule has 0 bridgehead atoms. The number of nitrogens with one attached hydrogen (secondary N) is 2. The zero-order valence-corrected chi connectivity index (χ0v) is 14.0. The van der Waals surface area contributed by atoms with Crippen LogP contribution in [0.15, 0.2) is 18.2 Å². The van der Waals surface area contributed by atoms with E-state index in [-0.39, 0.29) is 24.4 Å². The van der Waals surface area contributed by atoms with E-state index in [2.05, 4.69) is 20.5 Å². The van der Waals surface area contributed by atoms with E-state index in [9.17, 15) is 9.18 Å². The van der Waals surface area contributed by atoms with Crippen LogP contribution in [0.25, 0.3) is 0 Å². The van der Waals surface area contributed by atoms with Crippen LogP contribution in [0.5, 0.6) is 0 Å². The Morgan fingerprint density at radius 1 is 1.50 bits per heavy atom. The van der Waals surface area contributed by atoms with Gasteiger partial charge in [0.15, 0.2) is 0 Å². The molecular weight excluding hydrogens is 311 g/mol. The molecule has 8 heteroatoms. The molecule has 0 spiro atoms. The van der Waals surface area contributed by atoms with Gasteiger partial charge in [0.05, 0.1) is 12.6 Å². The first kappa shape index (κ1) is 16.2. The van der Waals surface area contributed by atoms with Crippen LogP contribution in [0.3, 0.4) is 0 Å². The highest BCUT2D eigenvalue weighted by molar-refractivity contribution is 5.75. The van der Waals surface area contributed by atoms with Crippen LogP contribution in [-0.4, -0.2) is 46.8 Å². The minimum absolute atomic E-state index is 0.237. The van der Waals surface area contributed by atoms with E-state index in [1.54, 1.807) is 15.9 Å². The number of nitrogens with zero attached hydrogens (tertiary/aromatic N) is 4. The summed E-state index contributed by atoms with van der Waals surface area (Å²) in [7, 11) is 3.68. The predicted molar refractivity (Wildman–Crippen MR) is 88.2 cm³/mol. The topological polar surface area (TPSA) is 77.2 Å². The van der Waals surface area contributed by atoms with Crippen molar-refractivity contribution in [2.24, 2.45) is 0 Å². The number of fused-ring (bicyclic) bond motifs is 1.